The quantitative estimate of drug-likeness (QED) is 0.504. The van der Waals surface area contributed by atoms with Gasteiger partial charge in [0.25, 0.3) is 5.91 Å². The minimum Gasteiger partial charge on any atom is -0.483 e. The zero-order valence-corrected chi connectivity index (χ0v) is 16.0. The average molecular weight is 390 g/mol. The molecule has 0 fully saturated rings. The molecule has 0 radical (unpaired) electrons. The number of ether oxygens (including phenoxy) is 1. The van der Waals surface area contributed by atoms with Gasteiger partial charge >= 0.3 is 0 Å². The number of hydrogen-bond donors (Lipinski definition) is 1. The second-order valence-electron chi connectivity index (χ2n) is 6.82. The highest BCUT2D eigenvalue weighted by molar-refractivity contribution is 5.94. The number of carbonyl (C=O) groups excluding carboxylic acids is 1. The molecule has 0 atom stereocenters. The maximum absolute atomic E-state index is 13.4. The SMILES string of the molecule is Cc1ccc(OCC(=O)Nc2ccc3oc(-c4cccc(F)c4)nc3c2)c(C)c1. The largest absolute Gasteiger partial charge is 0.483 e. The van der Waals surface area contributed by atoms with Crippen molar-refractivity contribution < 1.29 is 18.3 Å². The first-order valence-corrected chi connectivity index (χ1v) is 9.14. The predicted octanol–water partition coefficient (Wildman–Crippen LogP) is 5.27. The van der Waals surface area contributed by atoms with Crippen LogP contribution in [0.5, 0.6) is 5.75 Å². The van der Waals surface area contributed by atoms with Crippen LogP contribution >= 0.6 is 0 Å². The van der Waals surface area contributed by atoms with Crippen LogP contribution in [0.25, 0.3) is 22.6 Å². The lowest BCUT2D eigenvalue weighted by molar-refractivity contribution is -0.118. The van der Waals surface area contributed by atoms with Crippen LogP contribution in [0.3, 0.4) is 0 Å². The number of benzene rings is 3. The van der Waals surface area contributed by atoms with E-state index in [2.05, 4.69) is 10.3 Å². The van der Waals surface area contributed by atoms with E-state index in [0.29, 0.717) is 34.0 Å². The lowest BCUT2D eigenvalue weighted by Crippen LogP contribution is -2.20. The molecule has 0 saturated heterocycles. The van der Waals surface area contributed by atoms with Gasteiger partial charge in [0.05, 0.1) is 0 Å². The van der Waals surface area contributed by atoms with Crippen molar-refractivity contribution in [3.05, 3.63) is 77.6 Å². The monoisotopic (exact) mass is 390 g/mol. The van der Waals surface area contributed by atoms with E-state index in [-0.39, 0.29) is 18.3 Å². The van der Waals surface area contributed by atoms with Crippen molar-refractivity contribution in [1.29, 1.82) is 0 Å². The Labute approximate surface area is 167 Å². The van der Waals surface area contributed by atoms with E-state index in [0.717, 1.165) is 11.1 Å². The summed E-state index contributed by atoms with van der Waals surface area (Å²) in [5.41, 5.74) is 4.36. The highest BCUT2D eigenvalue weighted by Gasteiger charge is 2.11. The number of carbonyl (C=O) groups is 1. The first-order valence-electron chi connectivity index (χ1n) is 9.14. The minimum atomic E-state index is -0.360. The van der Waals surface area contributed by atoms with E-state index >= 15 is 0 Å². The molecule has 1 aromatic heterocycles. The summed E-state index contributed by atoms with van der Waals surface area (Å²) in [5, 5.41) is 2.79. The van der Waals surface area contributed by atoms with Gasteiger partial charge in [0, 0.05) is 11.3 Å². The molecule has 0 spiro atoms. The van der Waals surface area contributed by atoms with Crippen molar-refractivity contribution in [2.45, 2.75) is 13.8 Å². The van der Waals surface area contributed by atoms with Crippen molar-refractivity contribution in [3.63, 3.8) is 0 Å². The Balaban J connectivity index is 1.46. The van der Waals surface area contributed by atoms with Crippen molar-refractivity contribution in [2.75, 3.05) is 11.9 Å². The molecular weight excluding hydrogens is 371 g/mol. The number of nitrogens with zero attached hydrogens (tertiary/aromatic N) is 1. The van der Waals surface area contributed by atoms with Gasteiger partial charge in [-0.1, -0.05) is 23.8 Å². The number of rotatable bonds is 5. The van der Waals surface area contributed by atoms with Crippen LogP contribution in [0.1, 0.15) is 11.1 Å². The molecule has 1 heterocycles. The Morgan fingerprint density at radius 1 is 1.10 bits per heavy atom. The predicted molar refractivity (Wildman–Crippen MR) is 109 cm³/mol. The highest BCUT2D eigenvalue weighted by atomic mass is 19.1. The molecule has 0 bridgehead atoms. The summed E-state index contributed by atoms with van der Waals surface area (Å²) >= 11 is 0. The summed E-state index contributed by atoms with van der Waals surface area (Å²) in [6.45, 7) is 3.84. The van der Waals surface area contributed by atoms with Gasteiger partial charge in [-0.2, -0.15) is 0 Å². The van der Waals surface area contributed by atoms with Crippen LogP contribution in [-0.4, -0.2) is 17.5 Å². The number of fused-ring (bicyclic) bond motifs is 1. The van der Waals surface area contributed by atoms with Crippen molar-refractivity contribution in [1.82, 2.24) is 4.98 Å². The molecule has 29 heavy (non-hydrogen) atoms. The topological polar surface area (TPSA) is 64.4 Å². The van der Waals surface area contributed by atoms with Crippen LogP contribution in [0.15, 0.2) is 65.1 Å². The van der Waals surface area contributed by atoms with Crippen LogP contribution in [0.4, 0.5) is 10.1 Å². The first-order chi connectivity index (χ1) is 14.0. The standard InChI is InChI=1S/C23H19FN2O3/c1-14-6-8-20(15(2)10-14)28-13-22(27)25-18-7-9-21-19(12-18)26-23(29-21)16-4-3-5-17(24)11-16/h3-12H,13H2,1-2H3,(H,25,27). The number of oxazole rings is 1. The third-order valence-electron chi connectivity index (χ3n) is 4.43. The van der Waals surface area contributed by atoms with E-state index in [9.17, 15) is 9.18 Å². The molecule has 0 aliphatic carbocycles. The fourth-order valence-electron chi connectivity index (χ4n) is 3.05. The summed E-state index contributed by atoms with van der Waals surface area (Å²) in [7, 11) is 0. The Morgan fingerprint density at radius 3 is 2.76 bits per heavy atom. The zero-order chi connectivity index (χ0) is 20.4. The number of halogens is 1. The lowest BCUT2D eigenvalue weighted by Gasteiger charge is -2.10. The maximum atomic E-state index is 13.4. The fraction of sp³-hybridized carbons (Fsp3) is 0.130. The van der Waals surface area contributed by atoms with Gasteiger partial charge in [-0.25, -0.2) is 9.37 Å². The van der Waals surface area contributed by atoms with E-state index in [1.807, 2.05) is 32.0 Å². The Hall–Kier alpha value is -3.67. The Kier molecular flexibility index (Phi) is 4.99. The number of nitrogens with one attached hydrogen (secondary N) is 1. The van der Waals surface area contributed by atoms with Gasteiger partial charge in [-0.05, 0) is 61.9 Å². The number of hydrogen-bond acceptors (Lipinski definition) is 4. The van der Waals surface area contributed by atoms with Gasteiger partial charge < -0.3 is 14.5 Å². The molecule has 0 saturated carbocycles. The smallest absolute Gasteiger partial charge is 0.262 e. The van der Waals surface area contributed by atoms with Crippen LogP contribution in [-0.2, 0) is 4.79 Å². The minimum absolute atomic E-state index is 0.102. The van der Waals surface area contributed by atoms with Gasteiger partial charge in [0.15, 0.2) is 12.2 Å². The second kappa shape index (κ2) is 7.75. The summed E-state index contributed by atoms with van der Waals surface area (Å²) in [5.74, 6) is 0.360. The molecule has 4 rings (SSSR count). The molecule has 1 amide bonds. The normalized spacial score (nSPS) is 10.9. The van der Waals surface area contributed by atoms with E-state index in [1.165, 1.54) is 12.1 Å². The third-order valence-corrected chi connectivity index (χ3v) is 4.43. The van der Waals surface area contributed by atoms with E-state index in [4.69, 9.17) is 9.15 Å². The van der Waals surface area contributed by atoms with Crippen LogP contribution in [0, 0.1) is 19.7 Å². The Bertz CT molecular complexity index is 1200. The van der Waals surface area contributed by atoms with E-state index in [1.54, 1.807) is 30.3 Å². The molecule has 0 aliphatic rings. The van der Waals surface area contributed by atoms with Gasteiger partial charge in [0.2, 0.25) is 5.89 Å². The second-order valence-corrected chi connectivity index (χ2v) is 6.82. The van der Waals surface area contributed by atoms with Crippen molar-refractivity contribution in [2.24, 2.45) is 0 Å². The number of anilines is 1. The summed E-state index contributed by atoms with van der Waals surface area (Å²) < 4.78 is 24.7. The molecule has 0 aliphatic heterocycles. The molecule has 5 nitrogen and oxygen atoms in total. The number of amides is 1. The lowest BCUT2D eigenvalue weighted by atomic mass is 10.1. The Morgan fingerprint density at radius 2 is 1.97 bits per heavy atom. The third kappa shape index (κ3) is 4.27. The summed E-state index contributed by atoms with van der Waals surface area (Å²) in [6.07, 6.45) is 0. The molecular formula is C23H19FN2O3. The zero-order valence-electron chi connectivity index (χ0n) is 16.0. The fourth-order valence-corrected chi connectivity index (χ4v) is 3.05. The molecule has 0 unspecified atom stereocenters. The van der Waals surface area contributed by atoms with Crippen molar-refractivity contribution >= 4 is 22.7 Å². The molecule has 146 valence electrons. The summed E-state index contributed by atoms with van der Waals surface area (Å²) in [6, 6.07) is 17.0. The van der Waals surface area contributed by atoms with E-state index < -0.39 is 0 Å². The van der Waals surface area contributed by atoms with Crippen LogP contribution in [0.2, 0.25) is 0 Å². The first kappa shape index (κ1) is 18.7. The molecule has 1 N–H and O–H groups in total. The van der Waals surface area contributed by atoms with Gasteiger partial charge in [0.1, 0.15) is 17.1 Å². The number of aromatic nitrogens is 1. The number of aryl methyl sites for hydroxylation is 2. The average Bonchev–Trinajstić information content (AvgIpc) is 3.11. The van der Waals surface area contributed by atoms with Crippen molar-refractivity contribution in [3.8, 4) is 17.2 Å². The van der Waals surface area contributed by atoms with Gasteiger partial charge in [-0.3, -0.25) is 4.79 Å². The molecule has 6 heteroatoms. The van der Waals surface area contributed by atoms with Crippen LogP contribution < -0.4 is 10.1 Å². The molecule has 4 aromatic rings. The summed E-state index contributed by atoms with van der Waals surface area (Å²) in [4.78, 5) is 16.6. The highest BCUT2D eigenvalue weighted by Crippen LogP contribution is 2.26. The van der Waals surface area contributed by atoms with Gasteiger partial charge in [-0.15, -0.1) is 0 Å². The maximum Gasteiger partial charge on any atom is 0.262 e. The molecule has 3 aromatic carbocycles.